The Balaban J connectivity index is 1.45. The molecule has 0 saturated carbocycles. The fourth-order valence-corrected chi connectivity index (χ4v) is 5.30. The van der Waals surface area contributed by atoms with Crippen LogP contribution in [0.3, 0.4) is 0 Å². The number of methoxy groups -OCH3 is 1. The number of carbonyl (C=O) groups excluding carboxylic acids is 2. The molecule has 1 aliphatic heterocycles. The molecule has 1 aliphatic carbocycles. The number of halogens is 2. The molecule has 0 saturated heterocycles. The Kier molecular flexibility index (Phi) is 6.07. The summed E-state index contributed by atoms with van der Waals surface area (Å²) >= 11 is 12.6. The maximum atomic E-state index is 13.0. The highest BCUT2D eigenvalue weighted by Crippen LogP contribution is 2.51. The van der Waals surface area contributed by atoms with Gasteiger partial charge in [0, 0.05) is 21.7 Å². The first kappa shape index (κ1) is 22.5. The van der Waals surface area contributed by atoms with Gasteiger partial charge in [0.05, 0.1) is 18.7 Å². The summed E-state index contributed by atoms with van der Waals surface area (Å²) < 4.78 is 10.4. The van der Waals surface area contributed by atoms with Crippen LogP contribution >= 0.6 is 23.2 Å². The van der Waals surface area contributed by atoms with Crippen molar-refractivity contribution >= 4 is 40.8 Å². The smallest absolute Gasteiger partial charge is 0.343 e. The molecule has 5 rings (SSSR count). The molecule has 172 valence electrons. The summed E-state index contributed by atoms with van der Waals surface area (Å²) in [6.45, 7) is 0. The van der Waals surface area contributed by atoms with Crippen LogP contribution in [-0.4, -0.2) is 19.0 Å². The molecule has 0 fully saturated rings. The minimum absolute atomic E-state index is 0.0157. The number of hydrogen-bond donors (Lipinski definition) is 1. The Labute approximate surface area is 207 Å². The molecule has 3 aromatic carbocycles. The van der Waals surface area contributed by atoms with E-state index in [-0.39, 0.29) is 29.2 Å². The second-order valence-electron chi connectivity index (χ2n) is 8.32. The van der Waals surface area contributed by atoms with Gasteiger partial charge in [-0.25, -0.2) is 9.59 Å². The minimum Gasteiger partial charge on any atom is -0.465 e. The summed E-state index contributed by atoms with van der Waals surface area (Å²) in [5.41, 5.74) is 3.56. The van der Waals surface area contributed by atoms with Crippen LogP contribution in [0.2, 0.25) is 10.0 Å². The van der Waals surface area contributed by atoms with Crippen molar-refractivity contribution < 1.29 is 19.1 Å². The van der Waals surface area contributed by atoms with E-state index >= 15 is 0 Å². The normalized spacial score (nSPS) is 20.1. The number of para-hydroxylation sites is 1. The monoisotopic (exact) mass is 493 g/mol. The summed E-state index contributed by atoms with van der Waals surface area (Å²) in [7, 11) is 1.29. The SMILES string of the molecule is COC(=O)c1ccccc1OC(=O)c1ccc2c(c1)C1C=CCC1C(c1ccc(Cl)cc1Cl)N2. The average molecular weight is 494 g/mol. The molecule has 0 amide bonds. The van der Waals surface area contributed by atoms with Crippen molar-refractivity contribution in [2.24, 2.45) is 5.92 Å². The van der Waals surface area contributed by atoms with Crippen molar-refractivity contribution in [1.29, 1.82) is 0 Å². The first-order valence-corrected chi connectivity index (χ1v) is 11.6. The molecule has 1 heterocycles. The van der Waals surface area contributed by atoms with Gasteiger partial charge in [0.15, 0.2) is 0 Å². The third kappa shape index (κ3) is 4.06. The van der Waals surface area contributed by atoms with Crippen LogP contribution < -0.4 is 10.1 Å². The van der Waals surface area contributed by atoms with E-state index in [1.54, 1.807) is 36.4 Å². The zero-order chi connectivity index (χ0) is 23.8. The van der Waals surface area contributed by atoms with Crippen LogP contribution in [0.4, 0.5) is 5.69 Å². The van der Waals surface area contributed by atoms with Gasteiger partial charge in [-0.1, -0.05) is 53.6 Å². The number of fused-ring (bicyclic) bond motifs is 3. The predicted octanol–water partition coefficient (Wildman–Crippen LogP) is 6.83. The molecule has 0 bridgehead atoms. The Bertz CT molecular complexity index is 1320. The molecular formula is C27H21Cl2NO4. The fraction of sp³-hybridized carbons (Fsp3) is 0.185. The summed E-state index contributed by atoms with van der Waals surface area (Å²) in [6, 6.07) is 17.6. The number of nitrogens with one attached hydrogen (secondary N) is 1. The largest absolute Gasteiger partial charge is 0.465 e. The molecular weight excluding hydrogens is 473 g/mol. The minimum atomic E-state index is -0.566. The molecule has 3 aromatic rings. The van der Waals surface area contributed by atoms with Gasteiger partial charge in [-0.3, -0.25) is 0 Å². The van der Waals surface area contributed by atoms with Crippen molar-refractivity contribution in [2.45, 2.75) is 18.4 Å². The molecule has 5 nitrogen and oxygen atoms in total. The number of anilines is 1. The molecule has 1 N–H and O–H groups in total. The highest BCUT2D eigenvalue weighted by atomic mass is 35.5. The van der Waals surface area contributed by atoms with Gasteiger partial charge in [0.2, 0.25) is 0 Å². The van der Waals surface area contributed by atoms with Gasteiger partial charge in [0.1, 0.15) is 11.3 Å². The lowest BCUT2D eigenvalue weighted by Crippen LogP contribution is -2.29. The van der Waals surface area contributed by atoms with Crippen LogP contribution in [0.25, 0.3) is 0 Å². The molecule has 7 heteroatoms. The first-order valence-electron chi connectivity index (χ1n) is 10.9. The highest BCUT2D eigenvalue weighted by molar-refractivity contribution is 6.35. The fourth-order valence-electron chi connectivity index (χ4n) is 4.78. The number of esters is 2. The van der Waals surface area contributed by atoms with Crippen molar-refractivity contribution in [3.63, 3.8) is 0 Å². The number of benzene rings is 3. The predicted molar refractivity (Wildman–Crippen MR) is 132 cm³/mol. The van der Waals surface area contributed by atoms with Crippen molar-refractivity contribution in [3.8, 4) is 5.75 Å². The topological polar surface area (TPSA) is 64.6 Å². The van der Waals surface area contributed by atoms with Crippen LogP contribution in [0, 0.1) is 5.92 Å². The Hall–Kier alpha value is -3.28. The molecule has 34 heavy (non-hydrogen) atoms. The van der Waals surface area contributed by atoms with Crippen LogP contribution in [-0.2, 0) is 4.74 Å². The zero-order valence-electron chi connectivity index (χ0n) is 18.3. The summed E-state index contributed by atoms with van der Waals surface area (Å²) in [6.07, 6.45) is 5.24. The molecule has 3 atom stereocenters. The lowest BCUT2D eigenvalue weighted by molar-refractivity contribution is 0.0593. The molecule has 0 aromatic heterocycles. The lowest BCUT2D eigenvalue weighted by atomic mass is 9.76. The maximum absolute atomic E-state index is 13.0. The third-order valence-corrected chi connectivity index (χ3v) is 6.95. The quantitative estimate of drug-likeness (QED) is 0.245. The van der Waals surface area contributed by atoms with E-state index in [0.717, 1.165) is 23.2 Å². The van der Waals surface area contributed by atoms with Gasteiger partial charge in [-0.15, -0.1) is 0 Å². The van der Waals surface area contributed by atoms with Gasteiger partial charge < -0.3 is 14.8 Å². The Morgan fingerprint density at radius 1 is 0.971 bits per heavy atom. The first-order chi connectivity index (χ1) is 16.5. The van der Waals surface area contributed by atoms with Gasteiger partial charge in [0.25, 0.3) is 0 Å². The van der Waals surface area contributed by atoms with Crippen molar-refractivity contribution in [1.82, 2.24) is 0 Å². The number of hydrogen-bond acceptors (Lipinski definition) is 5. The molecule has 0 radical (unpaired) electrons. The standard InChI is InChI=1S/C27H21Cl2NO4/c1-33-27(32)20-5-2-3-8-24(20)34-26(31)15-9-12-23-21(13-15)17-6-4-7-18(17)25(30-23)19-11-10-16(28)14-22(19)29/h2-6,8-14,17-18,25,30H,7H2,1H3. The second-order valence-corrected chi connectivity index (χ2v) is 9.16. The molecule has 3 unspecified atom stereocenters. The van der Waals surface area contributed by atoms with Crippen LogP contribution in [0.5, 0.6) is 5.75 Å². The summed E-state index contributed by atoms with van der Waals surface area (Å²) in [5, 5.41) is 4.84. The van der Waals surface area contributed by atoms with E-state index in [0.29, 0.717) is 15.6 Å². The van der Waals surface area contributed by atoms with Gasteiger partial charge in [-0.2, -0.15) is 0 Å². The molecule has 0 spiro atoms. The Morgan fingerprint density at radius 3 is 2.59 bits per heavy atom. The van der Waals surface area contributed by atoms with Gasteiger partial charge in [-0.05, 0) is 65.9 Å². The van der Waals surface area contributed by atoms with E-state index in [9.17, 15) is 9.59 Å². The van der Waals surface area contributed by atoms with E-state index in [2.05, 4.69) is 17.5 Å². The summed E-state index contributed by atoms with van der Waals surface area (Å²) in [4.78, 5) is 25.0. The number of allylic oxidation sites excluding steroid dienone is 2. The number of rotatable bonds is 4. The maximum Gasteiger partial charge on any atom is 0.343 e. The van der Waals surface area contributed by atoms with E-state index < -0.39 is 11.9 Å². The third-order valence-electron chi connectivity index (χ3n) is 6.39. The van der Waals surface area contributed by atoms with Crippen LogP contribution in [0.15, 0.2) is 72.8 Å². The van der Waals surface area contributed by atoms with E-state index in [1.807, 2.05) is 24.3 Å². The lowest BCUT2D eigenvalue weighted by Gasteiger charge is -2.38. The van der Waals surface area contributed by atoms with E-state index in [4.69, 9.17) is 32.7 Å². The average Bonchev–Trinajstić information content (AvgIpc) is 3.34. The van der Waals surface area contributed by atoms with Crippen molar-refractivity contribution in [2.75, 3.05) is 12.4 Å². The highest BCUT2D eigenvalue weighted by Gasteiger charge is 2.39. The van der Waals surface area contributed by atoms with Crippen LogP contribution in [0.1, 0.15) is 50.2 Å². The zero-order valence-corrected chi connectivity index (χ0v) is 19.8. The van der Waals surface area contributed by atoms with E-state index in [1.165, 1.54) is 7.11 Å². The Morgan fingerprint density at radius 2 is 1.79 bits per heavy atom. The van der Waals surface area contributed by atoms with Crippen molar-refractivity contribution in [3.05, 3.63) is 105 Å². The number of ether oxygens (including phenoxy) is 2. The molecule has 2 aliphatic rings. The van der Waals surface area contributed by atoms with Gasteiger partial charge >= 0.3 is 11.9 Å². The number of carbonyl (C=O) groups is 2. The second kappa shape index (κ2) is 9.16. The summed E-state index contributed by atoms with van der Waals surface area (Å²) in [5.74, 6) is -0.573.